The Bertz CT molecular complexity index is 375. The summed E-state index contributed by atoms with van der Waals surface area (Å²) >= 11 is 1.41. The highest BCUT2D eigenvalue weighted by atomic mass is 127. The maximum atomic E-state index is 11.0. The molecule has 0 saturated heterocycles. The van der Waals surface area contributed by atoms with Crippen LogP contribution in [-0.2, 0) is 19.1 Å². The van der Waals surface area contributed by atoms with Gasteiger partial charge in [-0.15, -0.1) is 0 Å². The minimum atomic E-state index is -3.29. The van der Waals surface area contributed by atoms with E-state index in [4.69, 9.17) is 0 Å². The third-order valence-corrected chi connectivity index (χ3v) is 4.67. The van der Waals surface area contributed by atoms with Crippen LogP contribution in [0.1, 0.15) is 18.4 Å². The van der Waals surface area contributed by atoms with Gasteiger partial charge in [0.25, 0.3) is 10.1 Å². The molecular weight excluding hydrogens is 327 g/mol. The Morgan fingerprint density at radius 3 is 2.40 bits per heavy atom. The lowest BCUT2D eigenvalue weighted by Crippen LogP contribution is -2.05. The van der Waals surface area contributed by atoms with Crippen molar-refractivity contribution in [3.63, 3.8) is 0 Å². The number of benzene rings is 1. The minimum Gasteiger partial charge on any atom is -0.199 e. The van der Waals surface area contributed by atoms with Gasteiger partial charge in [0.05, 0.1) is 5.75 Å². The second-order valence-electron chi connectivity index (χ2n) is 3.27. The molecule has 15 heavy (non-hydrogen) atoms. The molecule has 1 aromatic rings. The van der Waals surface area contributed by atoms with E-state index >= 15 is 0 Å². The van der Waals surface area contributed by atoms with E-state index in [2.05, 4.69) is 2.51 Å². The topological polar surface area (TPSA) is 43.4 Å². The van der Waals surface area contributed by atoms with Gasteiger partial charge in [0.1, 0.15) is 23.0 Å². The number of hydrogen-bond donors (Lipinski definition) is 0. The second-order valence-corrected chi connectivity index (χ2v) is 6.00. The third kappa shape index (κ3) is 5.48. The first-order chi connectivity index (χ1) is 7.14. The Morgan fingerprint density at radius 2 is 1.80 bits per heavy atom. The van der Waals surface area contributed by atoms with Crippen LogP contribution < -0.4 is 0 Å². The molecule has 0 atom stereocenters. The molecule has 0 amide bonds. The number of rotatable bonds is 6. The maximum Gasteiger partial charge on any atom is 0.276 e. The smallest absolute Gasteiger partial charge is 0.199 e. The van der Waals surface area contributed by atoms with Crippen molar-refractivity contribution >= 4 is 33.1 Å². The zero-order valence-electron chi connectivity index (χ0n) is 8.23. The summed E-state index contributed by atoms with van der Waals surface area (Å²) in [6.07, 6.45) is 2.42. The van der Waals surface area contributed by atoms with Crippen molar-refractivity contribution in [2.45, 2.75) is 19.3 Å². The van der Waals surface area contributed by atoms with Crippen LogP contribution in [0.5, 0.6) is 0 Å². The molecule has 1 aromatic carbocycles. The van der Waals surface area contributed by atoms with Gasteiger partial charge in [0.15, 0.2) is 0 Å². The Kier molecular flexibility index (Phi) is 5.55. The van der Waals surface area contributed by atoms with Crippen LogP contribution in [0, 0.1) is 0 Å². The van der Waals surface area contributed by atoms with Gasteiger partial charge in [-0.05, 0) is 24.8 Å². The first-order valence-electron chi connectivity index (χ1n) is 4.71. The van der Waals surface area contributed by atoms with Crippen LogP contribution in [0.15, 0.2) is 30.3 Å². The van der Waals surface area contributed by atoms with Crippen molar-refractivity contribution in [3.05, 3.63) is 35.9 Å². The summed E-state index contributed by atoms with van der Waals surface area (Å²) in [5.74, 6) is 0.1000. The maximum absolute atomic E-state index is 11.0. The van der Waals surface area contributed by atoms with Crippen molar-refractivity contribution in [3.8, 4) is 0 Å². The van der Waals surface area contributed by atoms with Crippen LogP contribution >= 0.6 is 23.0 Å². The van der Waals surface area contributed by atoms with E-state index < -0.39 is 10.1 Å². The quantitative estimate of drug-likeness (QED) is 0.591. The third-order valence-electron chi connectivity index (χ3n) is 2.05. The minimum absolute atomic E-state index is 0.1000. The van der Waals surface area contributed by atoms with Crippen LogP contribution in [-0.4, -0.2) is 14.2 Å². The Labute approximate surface area is 105 Å². The molecule has 0 aromatic heterocycles. The van der Waals surface area contributed by atoms with Gasteiger partial charge >= 0.3 is 0 Å². The summed E-state index contributed by atoms with van der Waals surface area (Å²) in [5, 5.41) is 0. The summed E-state index contributed by atoms with van der Waals surface area (Å²) in [7, 11) is -3.29. The monoisotopic (exact) mass is 340 g/mol. The highest BCUT2D eigenvalue weighted by molar-refractivity contribution is 14.1. The summed E-state index contributed by atoms with van der Waals surface area (Å²) in [5.41, 5.74) is 1.24. The van der Waals surface area contributed by atoms with E-state index in [0.717, 1.165) is 12.8 Å². The van der Waals surface area contributed by atoms with Gasteiger partial charge in [-0.1, -0.05) is 30.3 Å². The van der Waals surface area contributed by atoms with E-state index in [0.29, 0.717) is 6.42 Å². The highest BCUT2D eigenvalue weighted by Crippen LogP contribution is 2.07. The Balaban J connectivity index is 2.24. The average Bonchev–Trinajstić information content (AvgIpc) is 2.26. The number of hydrogen-bond acceptors (Lipinski definition) is 3. The molecule has 5 heteroatoms. The van der Waals surface area contributed by atoms with Crippen molar-refractivity contribution in [2.24, 2.45) is 0 Å². The summed E-state index contributed by atoms with van der Waals surface area (Å²) in [6, 6.07) is 10.0. The molecular formula is C10H13IO3S. The molecule has 0 radical (unpaired) electrons. The number of unbranched alkanes of at least 4 members (excludes halogenated alkanes) is 1. The molecule has 0 aliphatic rings. The lowest BCUT2D eigenvalue weighted by molar-refractivity contribution is 0.532. The van der Waals surface area contributed by atoms with Gasteiger partial charge in [-0.3, -0.25) is 0 Å². The molecule has 0 fully saturated rings. The molecule has 0 aliphatic heterocycles. The Hall–Kier alpha value is -0.140. The predicted octanol–water partition coefficient (Wildman–Crippen LogP) is 2.71. The molecule has 0 bridgehead atoms. The fourth-order valence-corrected chi connectivity index (χ4v) is 2.44. The van der Waals surface area contributed by atoms with Gasteiger partial charge in [-0.25, -0.2) is 0 Å². The lowest BCUT2D eigenvalue weighted by Gasteiger charge is -2.01. The fraction of sp³-hybridized carbons (Fsp3) is 0.400. The first-order valence-corrected chi connectivity index (χ1v) is 7.17. The molecule has 3 nitrogen and oxygen atoms in total. The predicted molar refractivity (Wildman–Crippen MR) is 68.3 cm³/mol. The zero-order valence-corrected chi connectivity index (χ0v) is 11.2. The van der Waals surface area contributed by atoms with Crippen molar-refractivity contribution in [1.82, 2.24) is 0 Å². The molecule has 0 spiro atoms. The van der Waals surface area contributed by atoms with E-state index in [1.807, 2.05) is 30.3 Å². The van der Waals surface area contributed by atoms with Crippen LogP contribution in [0.2, 0.25) is 0 Å². The normalized spacial score (nSPS) is 11.5. The summed E-state index contributed by atoms with van der Waals surface area (Å²) < 4.78 is 26.3. The average molecular weight is 340 g/mol. The first kappa shape index (κ1) is 12.9. The molecule has 0 saturated carbocycles. The van der Waals surface area contributed by atoms with Crippen molar-refractivity contribution < 1.29 is 10.9 Å². The summed E-state index contributed by atoms with van der Waals surface area (Å²) in [4.78, 5) is 0. The van der Waals surface area contributed by atoms with E-state index in [-0.39, 0.29) is 5.75 Å². The molecule has 0 heterocycles. The fourth-order valence-electron chi connectivity index (χ4n) is 1.28. The van der Waals surface area contributed by atoms with Crippen LogP contribution in [0.25, 0.3) is 0 Å². The lowest BCUT2D eigenvalue weighted by atomic mass is 10.1. The number of aryl methyl sites for hydroxylation is 1. The van der Waals surface area contributed by atoms with Gasteiger partial charge in [-0.2, -0.15) is 10.9 Å². The molecule has 0 N–H and O–H groups in total. The highest BCUT2D eigenvalue weighted by Gasteiger charge is 2.08. The standard InChI is InChI=1S/C10H13IO3S/c11-14-15(12,13)9-5-4-8-10-6-2-1-3-7-10/h1-3,6-7H,4-5,8-9H2. The van der Waals surface area contributed by atoms with Crippen molar-refractivity contribution in [2.75, 3.05) is 5.75 Å². The van der Waals surface area contributed by atoms with E-state index in [1.54, 1.807) is 0 Å². The second kappa shape index (κ2) is 6.44. The van der Waals surface area contributed by atoms with Crippen molar-refractivity contribution in [1.29, 1.82) is 0 Å². The van der Waals surface area contributed by atoms with Gasteiger partial charge in [0.2, 0.25) is 0 Å². The molecule has 0 aliphatic carbocycles. The van der Waals surface area contributed by atoms with Crippen LogP contribution in [0.3, 0.4) is 0 Å². The molecule has 0 unspecified atom stereocenters. The zero-order chi connectivity index (χ0) is 11.1. The summed E-state index contributed by atoms with van der Waals surface area (Å²) in [6.45, 7) is 0. The molecule has 1 rings (SSSR count). The van der Waals surface area contributed by atoms with Gasteiger partial charge < -0.3 is 0 Å². The number of halogens is 1. The SMILES string of the molecule is O=S(=O)(CCCCc1ccccc1)OI. The van der Waals surface area contributed by atoms with Crippen LogP contribution in [0.4, 0.5) is 0 Å². The van der Waals surface area contributed by atoms with E-state index in [1.165, 1.54) is 28.6 Å². The van der Waals surface area contributed by atoms with E-state index in [9.17, 15) is 8.42 Å². The molecule has 84 valence electrons. The Morgan fingerprint density at radius 1 is 1.13 bits per heavy atom. The largest absolute Gasteiger partial charge is 0.276 e. The van der Waals surface area contributed by atoms with Gasteiger partial charge in [0, 0.05) is 0 Å².